The predicted molar refractivity (Wildman–Crippen MR) is 125 cm³/mol. The van der Waals surface area contributed by atoms with Crippen molar-refractivity contribution >= 4 is 6.29 Å². The Labute approximate surface area is 197 Å². The third kappa shape index (κ3) is 5.44. The standard InChI is InChI=1S/C28H27F3O3/c1-27(2,3)25-15-14-24(25)19-8-10-22(11-9-19)33-26-16-20(4-5-21(26)17-32)18-6-12-23(13-7-18)34-28(29,30)31/h4-13,16-17,24-25H,14-15H2,1-3H3/t24-,25?/m0/s1. The maximum absolute atomic E-state index is 12.4. The van der Waals surface area contributed by atoms with E-state index in [1.165, 1.54) is 42.7 Å². The van der Waals surface area contributed by atoms with E-state index >= 15 is 0 Å². The number of aldehydes is 1. The van der Waals surface area contributed by atoms with Crippen LogP contribution in [-0.4, -0.2) is 12.6 Å². The van der Waals surface area contributed by atoms with E-state index in [4.69, 9.17) is 4.74 Å². The molecular weight excluding hydrogens is 441 g/mol. The molecule has 0 amide bonds. The van der Waals surface area contributed by atoms with Gasteiger partial charge in [0.1, 0.15) is 17.2 Å². The lowest BCUT2D eigenvalue weighted by Gasteiger charge is -2.45. The minimum atomic E-state index is -4.74. The van der Waals surface area contributed by atoms with E-state index in [-0.39, 0.29) is 11.2 Å². The lowest BCUT2D eigenvalue weighted by Crippen LogP contribution is -2.34. The van der Waals surface area contributed by atoms with Gasteiger partial charge in [-0.3, -0.25) is 4.79 Å². The van der Waals surface area contributed by atoms with E-state index in [0.717, 1.165) is 6.29 Å². The second kappa shape index (κ2) is 9.16. The summed E-state index contributed by atoms with van der Waals surface area (Å²) in [6, 6.07) is 18.6. The minimum Gasteiger partial charge on any atom is -0.457 e. The molecule has 34 heavy (non-hydrogen) atoms. The normalized spacial score (nSPS) is 18.2. The van der Waals surface area contributed by atoms with Gasteiger partial charge in [0.05, 0.1) is 5.56 Å². The first-order chi connectivity index (χ1) is 16.0. The highest BCUT2D eigenvalue weighted by Crippen LogP contribution is 2.51. The molecule has 0 saturated heterocycles. The molecule has 3 aromatic carbocycles. The van der Waals surface area contributed by atoms with E-state index in [1.54, 1.807) is 18.2 Å². The van der Waals surface area contributed by atoms with Crippen LogP contribution in [0.3, 0.4) is 0 Å². The number of carbonyl (C=O) groups excluding carboxylic acids is 1. The fraction of sp³-hybridized carbons (Fsp3) is 0.321. The average Bonchev–Trinajstić information content (AvgIpc) is 2.72. The van der Waals surface area contributed by atoms with Crippen molar-refractivity contribution in [3.8, 4) is 28.4 Å². The Hall–Kier alpha value is -3.28. The zero-order chi connectivity index (χ0) is 24.5. The van der Waals surface area contributed by atoms with Crippen LogP contribution >= 0.6 is 0 Å². The fourth-order valence-electron chi connectivity index (χ4n) is 4.59. The quantitative estimate of drug-likeness (QED) is 0.341. The lowest BCUT2D eigenvalue weighted by atomic mass is 9.59. The van der Waals surface area contributed by atoms with Crippen molar-refractivity contribution in [3.63, 3.8) is 0 Å². The molecule has 0 aliphatic heterocycles. The Kier molecular flexibility index (Phi) is 6.43. The van der Waals surface area contributed by atoms with Gasteiger partial charge < -0.3 is 9.47 Å². The molecule has 6 heteroatoms. The highest BCUT2D eigenvalue weighted by atomic mass is 19.4. The van der Waals surface area contributed by atoms with Gasteiger partial charge in [0.15, 0.2) is 6.29 Å². The van der Waals surface area contributed by atoms with Gasteiger partial charge in [-0.25, -0.2) is 0 Å². The van der Waals surface area contributed by atoms with Gasteiger partial charge >= 0.3 is 6.36 Å². The van der Waals surface area contributed by atoms with Crippen LogP contribution in [0.15, 0.2) is 66.7 Å². The van der Waals surface area contributed by atoms with Crippen LogP contribution in [0.25, 0.3) is 11.1 Å². The van der Waals surface area contributed by atoms with Crippen LogP contribution in [-0.2, 0) is 0 Å². The Morgan fingerprint density at radius 2 is 1.44 bits per heavy atom. The monoisotopic (exact) mass is 468 g/mol. The third-order valence-corrected chi connectivity index (χ3v) is 6.48. The average molecular weight is 469 g/mol. The smallest absolute Gasteiger partial charge is 0.457 e. The first-order valence-electron chi connectivity index (χ1n) is 11.3. The van der Waals surface area contributed by atoms with Crippen LogP contribution < -0.4 is 9.47 Å². The first-order valence-corrected chi connectivity index (χ1v) is 11.3. The predicted octanol–water partition coefficient (Wildman–Crippen LogP) is 8.40. The van der Waals surface area contributed by atoms with Crippen LogP contribution in [0.5, 0.6) is 17.2 Å². The molecule has 1 aliphatic carbocycles. The van der Waals surface area contributed by atoms with Gasteiger partial charge in [0, 0.05) is 0 Å². The number of ether oxygens (including phenoxy) is 2. The summed E-state index contributed by atoms with van der Waals surface area (Å²) >= 11 is 0. The van der Waals surface area contributed by atoms with Gasteiger partial charge in [0.2, 0.25) is 0 Å². The molecule has 3 nitrogen and oxygen atoms in total. The van der Waals surface area contributed by atoms with Crippen LogP contribution in [0.1, 0.15) is 55.5 Å². The van der Waals surface area contributed by atoms with Gasteiger partial charge in [-0.15, -0.1) is 13.2 Å². The summed E-state index contributed by atoms with van der Waals surface area (Å²) in [4.78, 5) is 11.6. The molecule has 4 rings (SSSR count). The molecule has 0 bridgehead atoms. The molecule has 1 aliphatic rings. The maximum atomic E-state index is 12.4. The number of hydrogen-bond acceptors (Lipinski definition) is 3. The Morgan fingerprint density at radius 3 is 1.97 bits per heavy atom. The molecule has 0 spiro atoms. The zero-order valence-electron chi connectivity index (χ0n) is 19.4. The van der Waals surface area contributed by atoms with Gasteiger partial charge in [-0.1, -0.05) is 51.1 Å². The first kappa shape index (κ1) is 23.9. The van der Waals surface area contributed by atoms with Gasteiger partial charge in [0.25, 0.3) is 0 Å². The number of alkyl halides is 3. The summed E-state index contributed by atoms with van der Waals surface area (Å²) in [5.41, 5.74) is 3.33. The number of carbonyl (C=O) groups is 1. The van der Waals surface area contributed by atoms with Crippen molar-refractivity contribution in [3.05, 3.63) is 77.9 Å². The molecule has 2 atom stereocenters. The van der Waals surface area contributed by atoms with Crippen molar-refractivity contribution in [2.75, 3.05) is 0 Å². The summed E-state index contributed by atoms with van der Waals surface area (Å²) in [7, 11) is 0. The minimum absolute atomic E-state index is 0.272. The second-order valence-electron chi connectivity index (χ2n) is 9.77. The van der Waals surface area contributed by atoms with Gasteiger partial charge in [-0.2, -0.15) is 0 Å². The van der Waals surface area contributed by atoms with Crippen molar-refractivity contribution in [2.45, 2.75) is 45.9 Å². The Morgan fingerprint density at radius 1 is 0.824 bits per heavy atom. The third-order valence-electron chi connectivity index (χ3n) is 6.48. The highest BCUT2D eigenvalue weighted by Gasteiger charge is 2.39. The second-order valence-corrected chi connectivity index (χ2v) is 9.77. The van der Waals surface area contributed by atoms with Crippen molar-refractivity contribution < 1.29 is 27.4 Å². The van der Waals surface area contributed by atoms with E-state index in [1.807, 2.05) is 12.1 Å². The van der Waals surface area contributed by atoms with Crippen molar-refractivity contribution in [2.24, 2.45) is 11.3 Å². The van der Waals surface area contributed by atoms with Crippen molar-refractivity contribution in [1.82, 2.24) is 0 Å². The number of rotatable bonds is 6. The maximum Gasteiger partial charge on any atom is 0.573 e. The summed E-state index contributed by atoms with van der Waals surface area (Å²) in [6.45, 7) is 6.85. The largest absolute Gasteiger partial charge is 0.573 e. The lowest BCUT2D eigenvalue weighted by molar-refractivity contribution is -0.274. The van der Waals surface area contributed by atoms with Crippen LogP contribution in [0.4, 0.5) is 13.2 Å². The number of benzene rings is 3. The highest BCUT2D eigenvalue weighted by molar-refractivity contribution is 5.82. The summed E-state index contributed by atoms with van der Waals surface area (Å²) in [5.74, 6) is 1.91. The molecule has 1 saturated carbocycles. The van der Waals surface area contributed by atoms with Crippen molar-refractivity contribution in [1.29, 1.82) is 0 Å². The molecule has 0 aromatic heterocycles. The van der Waals surface area contributed by atoms with Gasteiger partial charge in [-0.05, 0) is 83.2 Å². The molecule has 0 N–H and O–H groups in total. The van der Waals surface area contributed by atoms with E-state index in [9.17, 15) is 18.0 Å². The van der Waals surface area contributed by atoms with Crippen LogP contribution in [0, 0.1) is 11.3 Å². The number of halogens is 3. The molecule has 178 valence electrons. The molecular formula is C28H27F3O3. The summed E-state index contributed by atoms with van der Waals surface area (Å²) in [5, 5.41) is 0. The fourth-order valence-corrected chi connectivity index (χ4v) is 4.59. The molecule has 1 fully saturated rings. The molecule has 0 heterocycles. The van der Waals surface area contributed by atoms with Crippen LogP contribution in [0.2, 0.25) is 0 Å². The summed E-state index contributed by atoms with van der Waals surface area (Å²) < 4.78 is 47.2. The SMILES string of the molecule is CC(C)(C)C1CC[C@H]1c1ccc(Oc2cc(-c3ccc(OC(F)(F)F)cc3)ccc2C=O)cc1. The Balaban J connectivity index is 1.52. The molecule has 3 aromatic rings. The van der Waals surface area contributed by atoms with E-state index in [0.29, 0.717) is 40.0 Å². The molecule has 1 unspecified atom stereocenters. The molecule has 0 radical (unpaired) electrons. The zero-order valence-corrected chi connectivity index (χ0v) is 19.4. The summed E-state index contributed by atoms with van der Waals surface area (Å²) in [6.07, 6.45) is -1.59. The Bertz CT molecular complexity index is 1140. The van der Waals surface area contributed by atoms with E-state index in [2.05, 4.69) is 37.6 Å². The number of hydrogen-bond donors (Lipinski definition) is 0. The topological polar surface area (TPSA) is 35.5 Å². The van der Waals surface area contributed by atoms with E-state index < -0.39 is 6.36 Å².